The zero-order valence-corrected chi connectivity index (χ0v) is 17.3. The van der Waals surface area contributed by atoms with Gasteiger partial charge in [0.2, 0.25) is 0 Å². The molecule has 0 amide bonds. The van der Waals surface area contributed by atoms with E-state index in [1.807, 2.05) is 0 Å². The lowest BCUT2D eigenvalue weighted by atomic mass is 9.55. The maximum absolute atomic E-state index is 12.6. The number of rotatable bonds is 4. The molecule has 2 aliphatic carbocycles. The number of ether oxygens (including phenoxy) is 2. The molecule has 1 heterocycles. The molecular weight excluding hydrogens is 380 g/mol. The van der Waals surface area contributed by atoms with Crippen molar-refractivity contribution in [3.8, 4) is 0 Å². The fraction of sp³-hybridized carbons (Fsp3) is 0.400. The summed E-state index contributed by atoms with van der Waals surface area (Å²) in [6.45, 7) is 8.14. The molecule has 0 aromatic heterocycles. The van der Waals surface area contributed by atoms with Gasteiger partial charge in [0.15, 0.2) is 0 Å². The third kappa shape index (κ3) is 3.42. The van der Waals surface area contributed by atoms with Crippen molar-refractivity contribution in [2.24, 2.45) is 17.3 Å². The summed E-state index contributed by atoms with van der Waals surface area (Å²) in [5.74, 6) is -0.638. The van der Waals surface area contributed by atoms with Gasteiger partial charge in [0, 0.05) is 40.9 Å². The van der Waals surface area contributed by atoms with Crippen molar-refractivity contribution < 1.29 is 23.9 Å². The SMILES string of the molecule is C=C1C(=O)O[C@@H]2[C@H]3C(C)=CC[C@@H](OC(=O)/C=C/c4ccc(C=O)cc4)[C@]3(C)CC[C@@H]12. The molecule has 0 N–H and O–H groups in total. The average molecular weight is 406 g/mol. The lowest BCUT2D eigenvalue weighted by molar-refractivity contribution is -0.165. The Bertz CT molecular complexity index is 954. The molecule has 1 saturated heterocycles. The van der Waals surface area contributed by atoms with Crippen molar-refractivity contribution in [3.05, 3.63) is 65.3 Å². The Balaban J connectivity index is 1.50. The number of carbonyl (C=O) groups excluding carboxylic acids is 3. The molecule has 1 aromatic rings. The number of hydrogen-bond donors (Lipinski definition) is 0. The van der Waals surface area contributed by atoms with Crippen molar-refractivity contribution in [2.45, 2.75) is 45.3 Å². The molecule has 5 heteroatoms. The standard InChI is InChI=1S/C25H26O5/c1-15-4-10-20(29-21(27)11-9-17-5-7-18(14-26)8-6-17)25(3)13-12-19-16(2)24(28)30-23(19)22(15)25/h4-9,11,14,19-20,22-23H,2,10,12-13H2,1,3H3/b11-9+/t19-,20+,22+,23-,25-/m0/s1. The summed E-state index contributed by atoms with van der Waals surface area (Å²) < 4.78 is 11.6. The van der Waals surface area contributed by atoms with Crippen LogP contribution in [0.2, 0.25) is 0 Å². The molecule has 2 fully saturated rings. The molecule has 5 nitrogen and oxygen atoms in total. The molecule has 0 radical (unpaired) electrons. The quantitative estimate of drug-likeness (QED) is 0.323. The third-order valence-corrected chi connectivity index (χ3v) is 7.01. The molecule has 5 atom stereocenters. The van der Waals surface area contributed by atoms with E-state index >= 15 is 0 Å². The summed E-state index contributed by atoms with van der Waals surface area (Å²) in [4.78, 5) is 35.4. The van der Waals surface area contributed by atoms with Gasteiger partial charge in [-0.25, -0.2) is 9.59 Å². The molecule has 0 bridgehead atoms. The zero-order chi connectivity index (χ0) is 21.5. The fourth-order valence-corrected chi connectivity index (χ4v) is 5.31. The van der Waals surface area contributed by atoms with Crippen LogP contribution in [0.1, 0.15) is 49.0 Å². The van der Waals surface area contributed by atoms with Crippen LogP contribution in [0.25, 0.3) is 6.08 Å². The molecule has 4 rings (SSSR count). The maximum Gasteiger partial charge on any atom is 0.334 e. The van der Waals surface area contributed by atoms with Crippen LogP contribution in [-0.4, -0.2) is 30.4 Å². The van der Waals surface area contributed by atoms with E-state index in [9.17, 15) is 14.4 Å². The van der Waals surface area contributed by atoms with Gasteiger partial charge in [0.1, 0.15) is 18.5 Å². The predicted octanol–water partition coefficient (Wildman–Crippen LogP) is 4.29. The minimum absolute atomic E-state index is 0.0193. The van der Waals surface area contributed by atoms with Crippen LogP contribution in [0.4, 0.5) is 0 Å². The first-order valence-corrected chi connectivity index (χ1v) is 10.3. The number of aldehydes is 1. The van der Waals surface area contributed by atoms with Crippen LogP contribution in [-0.2, 0) is 19.1 Å². The highest BCUT2D eigenvalue weighted by molar-refractivity contribution is 5.91. The Morgan fingerprint density at radius 3 is 2.67 bits per heavy atom. The first kappa shape index (κ1) is 20.3. The monoisotopic (exact) mass is 406 g/mol. The second-order valence-corrected chi connectivity index (χ2v) is 8.75. The van der Waals surface area contributed by atoms with Crippen molar-refractivity contribution >= 4 is 24.3 Å². The largest absolute Gasteiger partial charge is 0.458 e. The van der Waals surface area contributed by atoms with E-state index in [1.54, 1.807) is 30.3 Å². The van der Waals surface area contributed by atoms with Crippen molar-refractivity contribution in [2.75, 3.05) is 0 Å². The summed E-state index contributed by atoms with van der Waals surface area (Å²) in [5.41, 5.74) is 2.87. The Kier molecular flexibility index (Phi) is 5.22. The van der Waals surface area contributed by atoms with Gasteiger partial charge in [-0.05, 0) is 31.4 Å². The number of carbonyl (C=O) groups is 3. The van der Waals surface area contributed by atoms with Gasteiger partial charge in [-0.3, -0.25) is 4.79 Å². The van der Waals surface area contributed by atoms with E-state index in [-0.39, 0.29) is 35.4 Å². The van der Waals surface area contributed by atoms with Crippen molar-refractivity contribution in [1.82, 2.24) is 0 Å². The summed E-state index contributed by atoms with van der Waals surface area (Å²) in [6, 6.07) is 6.96. The molecule has 1 aromatic carbocycles. The number of fused-ring (bicyclic) bond motifs is 3. The smallest absolute Gasteiger partial charge is 0.334 e. The molecule has 1 saturated carbocycles. The molecule has 0 spiro atoms. The topological polar surface area (TPSA) is 69.7 Å². The van der Waals surface area contributed by atoms with Crippen LogP contribution in [0.15, 0.2) is 54.1 Å². The predicted molar refractivity (Wildman–Crippen MR) is 112 cm³/mol. The van der Waals surface area contributed by atoms with E-state index in [0.717, 1.165) is 24.7 Å². The van der Waals surface area contributed by atoms with Gasteiger partial charge in [0.05, 0.1) is 0 Å². The first-order valence-electron chi connectivity index (χ1n) is 10.3. The van der Waals surface area contributed by atoms with Gasteiger partial charge >= 0.3 is 11.9 Å². The van der Waals surface area contributed by atoms with E-state index in [0.29, 0.717) is 17.6 Å². The van der Waals surface area contributed by atoms with Gasteiger partial charge < -0.3 is 9.47 Å². The molecule has 0 unspecified atom stereocenters. The Labute approximate surface area is 176 Å². The second-order valence-electron chi connectivity index (χ2n) is 8.75. The number of hydrogen-bond acceptors (Lipinski definition) is 5. The van der Waals surface area contributed by atoms with Gasteiger partial charge in [-0.2, -0.15) is 0 Å². The highest BCUT2D eigenvalue weighted by Crippen LogP contribution is 2.56. The van der Waals surface area contributed by atoms with Crippen LogP contribution >= 0.6 is 0 Å². The summed E-state index contributed by atoms with van der Waals surface area (Å²) in [6.07, 6.45) is 7.77. The van der Waals surface area contributed by atoms with Gasteiger partial charge in [0.25, 0.3) is 0 Å². The average Bonchev–Trinajstić information content (AvgIpc) is 3.02. The van der Waals surface area contributed by atoms with Crippen LogP contribution < -0.4 is 0 Å². The second kappa shape index (κ2) is 7.71. The van der Waals surface area contributed by atoms with Crippen molar-refractivity contribution in [1.29, 1.82) is 0 Å². The molecule has 1 aliphatic heterocycles. The van der Waals surface area contributed by atoms with Crippen LogP contribution in [0, 0.1) is 17.3 Å². The molecule has 30 heavy (non-hydrogen) atoms. The van der Waals surface area contributed by atoms with E-state index in [4.69, 9.17) is 9.47 Å². The zero-order valence-electron chi connectivity index (χ0n) is 17.3. The van der Waals surface area contributed by atoms with Gasteiger partial charge in [-0.15, -0.1) is 0 Å². The molecule has 156 valence electrons. The fourth-order valence-electron chi connectivity index (χ4n) is 5.31. The maximum atomic E-state index is 12.6. The Hall–Kier alpha value is -2.95. The third-order valence-electron chi connectivity index (χ3n) is 7.01. The van der Waals surface area contributed by atoms with Crippen LogP contribution in [0.5, 0.6) is 0 Å². The highest BCUT2D eigenvalue weighted by Gasteiger charge is 2.58. The molecule has 3 aliphatic rings. The van der Waals surface area contributed by atoms with E-state index in [1.165, 1.54) is 11.6 Å². The summed E-state index contributed by atoms with van der Waals surface area (Å²) >= 11 is 0. The van der Waals surface area contributed by atoms with Crippen molar-refractivity contribution in [3.63, 3.8) is 0 Å². The number of esters is 2. The summed E-state index contributed by atoms with van der Waals surface area (Å²) in [7, 11) is 0. The van der Waals surface area contributed by atoms with Gasteiger partial charge in [-0.1, -0.05) is 49.4 Å². The first-order chi connectivity index (χ1) is 14.3. The number of benzene rings is 1. The normalized spacial score (nSPS) is 32.8. The van der Waals surface area contributed by atoms with E-state index < -0.39 is 5.97 Å². The highest BCUT2D eigenvalue weighted by atomic mass is 16.6. The van der Waals surface area contributed by atoms with Crippen LogP contribution in [0.3, 0.4) is 0 Å². The Morgan fingerprint density at radius 1 is 1.27 bits per heavy atom. The molecular formula is C25H26O5. The van der Waals surface area contributed by atoms with E-state index in [2.05, 4.69) is 26.5 Å². The minimum atomic E-state index is -0.401. The summed E-state index contributed by atoms with van der Waals surface area (Å²) in [5, 5.41) is 0. The lowest BCUT2D eigenvalue weighted by Crippen LogP contribution is -2.53. The lowest BCUT2D eigenvalue weighted by Gasteiger charge is -2.52. The minimum Gasteiger partial charge on any atom is -0.458 e. The Morgan fingerprint density at radius 2 is 1.97 bits per heavy atom.